The number of aryl methyl sites for hydroxylation is 1. The molecule has 0 radical (unpaired) electrons. The lowest BCUT2D eigenvalue weighted by Crippen LogP contribution is -2.40. The summed E-state index contributed by atoms with van der Waals surface area (Å²) in [5.41, 5.74) is 1.27. The van der Waals surface area contributed by atoms with Gasteiger partial charge in [-0.05, 0) is 42.3 Å². The van der Waals surface area contributed by atoms with Crippen molar-refractivity contribution in [3.63, 3.8) is 0 Å². The molecule has 0 atom stereocenters. The Morgan fingerprint density at radius 1 is 0.964 bits per heavy atom. The summed E-state index contributed by atoms with van der Waals surface area (Å²) in [6, 6.07) is 12.5. The topological polar surface area (TPSA) is 92.8 Å². The summed E-state index contributed by atoms with van der Waals surface area (Å²) in [4.78, 5) is 0.182. The van der Waals surface area contributed by atoms with Crippen molar-refractivity contribution in [2.75, 3.05) is 31.0 Å². The highest BCUT2D eigenvalue weighted by molar-refractivity contribution is 7.92. The molecule has 1 saturated heterocycles. The molecular weight excluding hydrogens is 400 g/mol. The summed E-state index contributed by atoms with van der Waals surface area (Å²) >= 11 is 0. The third kappa shape index (κ3) is 4.72. The van der Waals surface area contributed by atoms with Crippen molar-refractivity contribution < 1.29 is 21.6 Å². The summed E-state index contributed by atoms with van der Waals surface area (Å²) in [6.07, 6.45) is 1.87. The Morgan fingerprint density at radius 2 is 1.64 bits per heavy atom. The number of benzene rings is 2. The molecule has 0 amide bonds. The minimum Gasteiger partial charge on any atom is -0.379 e. The van der Waals surface area contributed by atoms with Crippen LogP contribution in [0.1, 0.15) is 18.9 Å². The molecule has 2 aromatic rings. The molecule has 0 saturated carbocycles. The van der Waals surface area contributed by atoms with Crippen molar-refractivity contribution in [1.82, 2.24) is 4.31 Å². The van der Waals surface area contributed by atoms with Crippen molar-refractivity contribution in [2.45, 2.75) is 29.6 Å². The monoisotopic (exact) mass is 424 g/mol. The molecule has 1 N–H and O–H groups in total. The molecule has 0 bridgehead atoms. The van der Waals surface area contributed by atoms with Crippen LogP contribution in [-0.4, -0.2) is 47.4 Å². The van der Waals surface area contributed by atoms with E-state index in [-0.39, 0.29) is 28.6 Å². The van der Waals surface area contributed by atoms with Gasteiger partial charge in [0.1, 0.15) is 0 Å². The lowest BCUT2D eigenvalue weighted by Gasteiger charge is -2.26. The van der Waals surface area contributed by atoms with E-state index in [0.717, 1.165) is 18.4 Å². The maximum absolute atomic E-state index is 12.8. The second-order valence-electron chi connectivity index (χ2n) is 6.54. The molecule has 1 heterocycles. The van der Waals surface area contributed by atoms with Gasteiger partial charge in [0, 0.05) is 13.1 Å². The van der Waals surface area contributed by atoms with Crippen LogP contribution in [0.25, 0.3) is 0 Å². The molecule has 1 aliphatic heterocycles. The van der Waals surface area contributed by atoms with Gasteiger partial charge in [0.25, 0.3) is 10.0 Å². The molecule has 0 aromatic heterocycles. The Morgan fingerprint density at radius 3 is 2.29 bits per heavy atom. The van der Waals surface area contributed by atoms with Crippen LogP contribution >= 0.6 is 0 Å². The van der Waals surface area contributed by atoms with Gasteiger partial charge in [-0.1, -0.05) is 31.5 Å². The van der Waals surface area contributed by atoms with E-state index >= 15 is 0 Å². The van der Waals surface area contributed by atoms with Crippen LogP contribution < -0.4 is 4.72 Å². The first kappa shape index (κ1) is 20.8. The summed E-state index contributed by atoms with van der Waals surface area (Å²) in [5, 5.41) is 0. The van der Waals surface area contributed by atoms with E-state index in [1.54, 1.807) is 24.3 Å². The fourth-order valence-electron chi connectivity index (χ4n) is 2.99. The minimum absolute atomic E-state index is 0.0490. The van der Waals surface area contributed by atoms with E-state index < -0.39 is 20.0 Å². The summed E-state index contributed by atoms with van der Waals surface area (Å²) < 4.78 is 59.8. The smallest absolute Gasteiger partial charge is 0.261 e. The Labute approximate surface area is 166 Å². The first-order chi connectivity index (χ1) is 13.3. The number of morpholine rings is 1. The average molecular weight is 425 g/mol. The van der Waals surface area contributed by atoms with Gasteiger partial charge >= 0.3 is 0 Å². The SMILES string of the molecule is CCCc1ccc(S(=O)(=O)Nc2cccc(S(=O)(=O)N3CCOCC3)c2)cc1. The molecule has 1 aliphatic rings. The largest absolute Gasteiger partial charge is 0.379 e. The van der Waals surface area contributed by atoms with Gasteiger partial charge in [0.15, 0.2) is 0 Å². The van der Waals surface area contributed by atoms with Gasteiger partial charge in [0.05, 0.1) is 28.7 Å². The maximum Gasteiger partial charge on any atom is 0.261 e. The van der Waals surface area contributed by atoms with E-state index in [2.05, 4.69) is 11.6 Å². The van der Waals surface area contributed by atoms with Gasteiger partial charge in [-0.15, -0.1) is 0 Å². The van der Waals surface area contributed by atoms with Gasteiger partial charge < -0.3 is 4.74 Å². The van der Waals surface area contributed by atoms with Gasteiger partial charge in [-0.25, -0.2) is 16.8 Å². The molecular formula is C19H24N2O5S2. The zero-order valence-corrected chi connectivity index (χ0v) is 17.3. The second kappa shape index (κ2) is 8.60. The highest BCUT2D eigenvalue weighted by Crippen LogP contribution is 2.23. The lowest BCUT2D eigenvalue weighted by molar-refractivity contribution is 0.0730. The Balaban J connectivity index is 1.81. The number of sulfonamides is 2. The molecule has 152 valence electrons. The average Bonchev–Trinajstić information content (AvgIpc) is 2.69. The molecule has 0 unspecified atom stereocenters. The second-order valence-corrected chi connectivity index (χ2v) is 10.2. The van der Waals surface area contributed by atoms with Crippen LogP contribution in [-0.2, 0) is 31.2 Å². The number of rotatable bonds is 7. The lowest BCUT2D eigenvalue weighted by atomic mass is 10.1. The molecule has 9 heteroatoms. The molecule has 0 spiro atoms. The van der Waals surface area contributed by atoms with Crippen LogP contribution in [0.3, 0.4) is 0 Å². The van der Waals surface area contributed by atoms with Crippen LogP contribution in [0.5, 0.6) is 0 Å². The van der Waals surface area contributed by atoms with Crippen molar-refractivity contribution in [3.8, 4) is 0 Å². The first-order valence-electron chi connectivity index (χ1n) is 9.12. The molecule has 28 heavy (non-hydrogen) atoms. The standard InChI is InChI=1S/C19H24N2O5S2/c1-2-4-16-7-9-18(10-8-16)27(22,23)20-17-5-3-6-19(15-17)28(24,25)21-11-13-26-14-12-21/h3,5-10,15,20H,2,4,11-14H2,1H3. The Bertz CT molecular complexity index is 1010. The summed E-state index contributed by atoms with van der Waals surface area (Å²) in [6.45, 7) is 3.31. The summed E-state index contributed by atoms with van der Waals surface area (Å²) in [5.74, 6) is 0. The van der Waals surface area contributed by atoms with E-state index in [1.807, 2.05) is 0 Å². The van der Waals surface area contributed by atoms with Crippen molar-refractivity contribution >= 4 is 25.7 Å². The molecule has 1 fully saturated rings. The van der Waals surface area contributed by atoms with Gasteiger partial charge in [-0.3, -0.25) is 4.72 Å². The third-order valence-corrected chi connectivity index (χ3v) is 7.76. The fraction of sp³-hybridized carbons (Fsp3) is 0.368. The van der Waals surface area contributed by atoms with Crippen LogP contribution in [0, 0.1) is 0 Å². The molecule has 3 rings (SSSR count). The highest BCUT2D eigenvalue weighted by Gasteiger charge is 2.26. The van der Waals surface area contributed by atoms with E-state index in [1.165, 1.54) is 28.6 Å². The molecule has 7 nitrogen and oxygen atoms in total. The minimum atomic E-state index is -3.81. The van der Waals surface area contributed by atoms with E-state index in [9.17, 15) is 16.8 Å². The molecule has 2 aromatic carbocycles. The fourth-order valence-corrected chi connectivity index (χ4v) is 5.50. The number of ether oxygens (including phenoxy) is 1. The predicted octanol–water partition coefficient (Wildman–Crippen LogP) is 2.46. The van der Waals surface area contributed by atoms with Gasteiger partial charge in [0.2, 0.25) is 10.0 Å². The third-order valence-electron chi connectivity index (χ3n) is 4.47. The Kier molecular flexibility index (Phi) is 6.39. The number of anilines is 1. The van der Waals surface area contributed by atoms with Crippen LogP contribution in [0.2, 0.25) is 0 Å². The zero-order valence-electron chi connectivity index (χ0n) is 15.7. The zero-order chi connectivity index (χ0) is 20.2. The summed E-state index contributed by atoms with van der Waals surface area (Å²) in [7, 11) is -7.51. The maximum atomic E-state index is 12.8. The number of hydrogen-bond acceptors (Lipinski definition) is 5. The number of nitrogens with zero attached hydrogens (tertiary/aromatic N) is 1. The quantitative estimate of drug-likeness (QED) is 0.737. The van der Waals surface area contributed by atoms with Crippen molar-refractivity contribution in [1.29, 1.82) is 0 Å². The number of nitrogens with one attached hydrogen (secondary N) is 1. The highest BCUT2D eigenvalue weighted by atomic mass is 32.2. The van der Waals surface area contributed by atoms with Crippen LogP contribution in [0.4, 0.5) is 5.69 Å². The van der Waals surface area contributed by atoms with Crippen molar-refractivity contribution in [3.05, 3.63) is 54.1 Å². The Hall–Kier alpha value is -1.94. The first-order valence-corrected chi connectivity index (χ1v) is 12.0. The van der Waals surface area contributed by atoms with E-state index in [4.69, 9.17) is 4.74 Å². The number of hydrogen-bond donors (Lipinski definition) is 1. The van der Waals surface area contributed by atoms with Gasteiger partial charge in [-0.2, -0.15) is 4.31 Å². The van der Waals surface area contributed by atoms with E-state index in [0.29, 0.717) is 13.2 Å². The normalized spacial score (nSPS) is 16.0. The van der Waals surface area contributed by atoms with Crippen LogP contribution in [0.15, 0.2) is 58.3 Å². The predicted molar refractivity (Wildman–Crippen MR) is 107 cm³/mol. The van der Waals surface area contributed by atoms with Crippen molar-refractivity contribution in [2.24, 2.45) is 0 Å². The molecule has 0 aliphatic carbocycles.